The lowest BCUT2D eigenvalue weighted by molar-refractivity contribution is -0.000250. The molecule has 0 spiro atoms. The van der Waals surface area contributed by atoms with Gasteiger partial charge in [-0.25, -0.2) is 0 Å². The molecule has 1 unspecified atom stereocenters. The summed E-state index contributed by atoms with van der Waals surface area (Å²) in [5.74, 6) is 1.13. The second-order valence-corrected chi connectivity index (χ2v) is 5.67. The van der Waals surface area contributed by atoms with Crippen LogP contribution in [0.25, 0.3) is 0 Å². The maximum atomic E-state index is 12.7. The van der Waals surface area contributed by atoms with Gasteiger partial charge in [-0.05, 0) is 24.5 Å². The Balaban J connectivity index is 3.17. The van der Waals surface area contributed by atoms with Gasteiger partial charge in [0.05, 0.1) is 14.2 Å². The highest BCUT2D eigenvalue weighted by Gasteiger charge is 2.33. The molecule has 1 atom stereocenters. The van der Waals surface area contributed by atoms with Gasteiger partial charge in [-0.3, -0.25) is 4.79 Å². The number of carbonyl (C=O) groups excluding carboxylic acids is 1. The summed E-state index contributed by atoms with van der Waals surface area (Å²) in [6.45, 7) is 8.35. The lowest BCUT2D eigenvalue weighted by Gasteiger charge is -2.29. The third-order valence-corrected chi connectivity index (χ3v) is 2.99. The molecule has 112 valence electrons. The Bertz CT molecular complexity index is 438. The summed E-state index contributed by atoms with van der Waals surface area (Å²) in [5, 5.41) is 0. The Morgan fingerprint density at radius 2 is 1.60 bits per heavy atom. The predicted molar refractivity (Wildman–Crippen MR) is 78.7 cm³/mol. The van der Waals surface area contributed by atoms with Crippen LogP contribution >= 0.6 is 0 Å². The zero-order chi connectivity index (χ0) is 15.3. The van der Waals surface area contributed by atoms with E-state index < -0.39 is 6.10 Å². The number of hydrogen-bond acceptors (Lipinski definition) is 4. The molecule has 0 N–H and O–H groups in total. The molecule has 1 aromatic carbocycles. The van der Waals surface area contributed by atoms with Crippen LogP contribution in [0.1, 0.15) is 38.1 Å². The Morgan fingerprint density at radius 3 is 1.95 bits per heavy atom. The Morgan fingerprint density at radius 1 is 1.10 bits per heavy atom. The maximum Gasteiger partial charge on any atom is 0.192 e. The number of carbonyl (C=O) groups is 1. The topological polar surface area (TPSA) is 44.8 Å². The van der Waals surface area contributed by atoms with Gasteiger partial charge in [-0.15, -0.1) is 0 Å². The lowest BCUT2D eigenvalue weighted by atomic mass is 9.84. The fraction of sp³-hybridized carbons (Fsp3) is 0.562. The fourth-order valence-corrected chi connectivity index (χ4v) is 1.99. The highest BCUT2D eigenvalue weighted by molar-refractivity contribution is 6.00. The van der Waals surface area contributed by atoms with Crippen molar-refractivity contribution in [2.24, 2.45) is 5.41 Å². The van der Waals surface area contributed by atoms with Crippen molar-refractivity contribution in [3.8, 4) is 11.5 Å². The van der Waals surface area contributed by atoms with E-state index in [1.807, 2.05) is 27.7 Å². The number of hydrogen-bond donors (Lipinski definition) is 0. The summed E-state index contributed by atoms with van der Waals surface area (Å²) in [6, 6.07) is 5.16. The van der Waals surface area contributed by atoms with Gasteiger partial charge in [0.1, 0.15) is 17.6 Å². The van der Waals surface area contributed by atoms with Crippen molar-refractivity contribution < 1.29 is 19.0 Å². The second-order valence-electron chi connectivity index (χ2n) is 5.67. The van der Waals surface area contributed by atoms with Gasteiger partial charge in [0.25, 0.3) is 0 Å². The predicted octanol–water partition coefficient (Wildman–Crippen LogP) is 3.34. The number of methoxy groups -OCH3 is 2. The van der Waals surface area contributed by atoms with Gasteiger partial charge in [-0.1, -0.05) is 20.8 Å². The normalized spacial score (nSPS) is 12.9. The third kappa shape index (κ3) is 3.97. The molecular formula is C16H24O4. The Labute approximate surface area is 121 Å². The number of ether oxygens (including phenoxy) is 3. The summed E-state index contributed by atoms with van der Waals surface area (Å²) in [6.07, 6.45) is -0.496. The van der Waals surface area contributed by atoms with Crippen molar-refractivity contribution in [1.29, 1.82) is 0 Å². The molecule has 0 aliphatic carbocycles. The SMILES string of the molecule is CCOC(C(=O)c1cc(OC)cc(OC)c1)C(C)(C)C. The lowest BCUT2D eigenvalue weighted by Crippen LogP contribution is -2.37. The third-order valence-electron chi connectivity index (χ3n) is 2.99. The Kier molecular flexibility index (Phi) is 5.57. The molecule has 0 heterocycles. The van der Waals surface area contributed by atoms with Crippen LogP contribution in [-0.2, 0) is 4.74 Å². The van der Waals surface area contributed by atoms with E-state index in [2.05, 4.69) is 0 Å². The molecule has 0 saturated heterocycles. The number of rotatable bonds is 6. The molecule has 0 aliphatic heterocycles. The van der Waals surface area contributed by atoms with Crippen LogP contribution in [-0.4, -0.2) is 32.7 Å². The summed E-state index contributed by atoms with van der Waals surface area (Å²) in [4.78, 5) is 12.7. The van der Waals surface area contributed by atoms with Crippen LogP contribution in [0.4, 0.5) is 0 Å². The van der Waals surface area contributed by atoms with Gasteiger partial charge >= 0.3 is 0 Å². The summed E-state index contributed by atoms with van der Waals surface area (Å²) in [7, 11) is 3.12. The molecular weight excluding hydrogens is 256 g/mol. The minimum Gasteiger partial charge on any atom is -0.497 e. The van der Waals surface area contributed by atoms with Crippen molar-refractivity contribution in [3.63, 3.8) is 0 Å². The highest BCUT2D eigenvalue weighted by Crippen LogP contribution is 2.29. The standard InChI is InChI=1S/C16H24O4/c1-7-20-15(16(2,3)4)14(17)11-8-12(18-5)10-13(9-11)19-6/h8-10,15H,7H2,1-6H3. The fourth-order valence-electron chi connectivity index (χ4n) is 1.99. The maximum absolute atomic E-state index is 12.7. The van der Waals surface area contributed by atoms with Crippen molar-refractivity contribution >= 4 is 5.78 Å². The van der Waals surface area contributed by atoms with Crippen molar-refractivity contribution in [1.82, 2.24) is 0 Å². The van der Waals surface area contributed by atoms with Crippen LogP contribution < -0.4 is 9.47 Å². The first-order valence-electron chi connectivity index (χ1n) is 6.72. The van der Waals surface area contributed by atoms with E-state index in [0.717, 1.165) is 0 Å². The van der Waals surface area contributed by atoms with Gasteiger partial charge in [0.2, 0.25) is 0 Å². The van der Waals surface area contributed by atoms with E-state index in [-0.39, 0.29) is 11.2 Å². The first-order chi connectivity index (χ1) is 9.33. The number of ketones is 1. The van der Waals surface area contributed by atoms with Crippen LogP contribution in [0.5, 0.6) is 11.5 Å². The largest absolute Gasteiger partial charge is 0.497 e. The first kappa shape index (κ1) is 16.5. The van der Waals surface area contributed by atoms with E-state index in [4.69, 9.17) is 14.2 Å². The van der Waals surface area contributed by atoms with Crippen molar-refractivity contribution in [3.05, 3.63) is 23.8 Å². The molecule has 0 aromatic heterocycles. The van der Waals surface area contributed by atoms with Crippen LogP contribution in [0.15, 0.2) is 18.2 Å². The highest BCUT2D eigenvalue weighted by atomic mass is 16.5. The van der Waals surface area contributed by atoms with E-state index in [9.17, 15) is 4.79 Å². The summed E-state index contributed by atoms with van der Waals surface area (Å²) < 4.78 is 16.0. The van der Waals surface area contributed by atoms with Crippen molar-refractivity contribution in [2.75, 3.05) is 20.8 Å². The quantitative estimate of drug-likeness (QED) is 0.750. The van der Waals surface area contributed by atoms with E-state index >= 15 is 0 Å². The van der Waals surface area contributed by atoms with Crippen LogP contribution in [0, 0.1) is 5.41 Å². The zero-order valence-corrected chi connectivity index (χ0v) is 13.1. The van der Waals surface area contributed by atoms with E-state index in [0.29, 0.717) is 23.7 Å². The van der Waals surface area contributed by atoms with E-state index in [1.165, 1.54) is 0 Å². The molecule has 1 aromatic rings. The molecule has 0 amide bonds. The first-order valence-corrected chi connectivity index (χ1v) is 6.72. The molecule has 1 rings (SSSR count). The van der Waals surface area contributed by atoms with Gasteiger partial charge < -0.3 is 14.2 Å². The molecule has 0 fully saturated rings. The summed E-state index contributed by atoms with van der Waals surface area (Å²) >= 11 is 0. The average Bonchev–Trinajstić information content (AvgIpc) is 2.42. The number of benzene rings is 1. The van der Waals surface area contributed by atoms with Gasteiger partial charge in [0, 0.05) is 18.2 Å². The van der Waals surface area contributed by atoms with Gasteiger partial charge in [0.15, 0.2) is 5.78 Å². The molecule has 4 nitrogen and oxygen atoms in total. The van der Waals surface area contributed by atoms with E-state index in [1.54, 1.807) is 32.4 Å². The smallest absolute Gasteiger partial charge is 0.192 e. The minimum absolute atomic E-state index is 0.0587. The second kappa shape index (κ2) is 6.75. The monoisotopic (exact) mass is 280 g/mol. The van der Waals surface area contributed by atoms with Gasteiger partial charge in [-0.2, -0.15) is 0 Å². The zero-order valence-electron chi connectivity index (χ0n) is 13.1. The molecule has 20 heavy (non-hydrogen) atoms. The number of Topliss-reactive ketones (excluding diaryl/α,β-unsaturated/α-hetero) is 1. The minimum atomic E-state index is -0.496. The average molecular weight is 280 g/mol. The molecule has 0 radical (unpaired) electrons. The Hall–Kier alpha value is -1.55. The van der Waals surface area contributed by atoms with Crippen LogP contribution in [0.2, 0.25) is 0 Å². The molecule has 0 saturated carbocycles. The molecule has 0 aliphatic rings. The van der Waals surface area contributed by atoms with Crippen molar-refractivity contribution in [2.45, 2.75) is 33.8 Å². The molecule has 0 bridgehead atoms. The summed E-state index contributed by atoms with van der Waals surface area (Å²) in [5.41, 5.74) is 0.262. The molecule has 4 heteroatoms. The van der Waals surface area contributed by atoms with Crippen LogP contribution in [0.3, 0.4) is 0 Å².